The van der Waals surface area contributed by atoms with Crippen LogP contribution in [-0.2, 0) is 9.63 Å². The topological polar surface area (TPSA) is 58.9 Å². The maximum Gasteiger partial charge on any atom is 0.335 e. The molecule has 12 heavy (non-hydrogen) atoms. The molecule has 1 N–H and O–H groups in total. The molecule has 0 saturated heterocycles. The van der Waals surface area contributed by atoms with Gasteiger partial charge in [-0.25, -0.2) is 4.79 Å². The predicted octanol–water partition coefficient (Wildman–Crippen LogP) is 0.696. The zero-order valence-corrected chi connectivity index (χ0v) is 7.06. The number of carbonyl (C=O) groups is 1. The van der Waals surface area contributed by atoms with E-state index in [4.69, 9.17) is 5.11 Å². The Morgan fingerprint density at radius 3 is 3.00 bits per heavy atom. The van der Waals surface area contributed by atoms with E-state index in [1.54, 1.807) is 0 Å². The summed E-state index contributed by atoms with van der Waals surface area (Å²) < 4.78 is 0. The highest BCUT2D eigenvalue weighted by atomic mass is 16.7. The maximum absolute atomic E-state index is 10.9. The first-order valence-corrected chi connectivity index (χ1v) is 4.10. The van der Waals surface area contributed by atoms with Crippen LogP contribution in [0.15, 0.2) is 5.16 Å². The number of aliphatic hydroxyl groups excluding tert-OH is 1. The van der Waals surface area contributed by atoms with Gasteiger partial charge in [-0.3, -0.25) is 0 Å². The fourth-order valence-corrected chi connectivity index (χ4v) is 0.772. The Balaban J connectivity index is 2.08. The molecule has 0 heterocycles. The van der Waals surface area contributed by atoms with E-state index in [0.29, 0.717) is 12.3 Å². The fourth-order valence-electron chi connectivity index (χ4n) is 0.772. The van der Waals surface area contributed by atoms with Crippen molar-refractivity contribution in [2.75, 3.05) is 0 Å². The lowest BCUT2D eigenvalue weighted by molar-refractivity contribution is -0.144. The second kappa shape index (κ2) is 4.21. The standard InChI is InChI=1S/C8H13NO3/c1-6(10)5-9-12-8(11)4-7-2-3-7/h5-7,10H,2-4H2,1H3. The Kier molecular flexibility index (Phi) is 3.22. The summed E-state index contributed by atoms with van der Waals surface area (Å²) in [7, 11) is 0. The van der Waals surface area contributed by atoms with E-state index in [1.165, 1.54) is 13.1 Å². The molecule has 0 amide bonds. The van der Waals surface area contributed by atoms with E-state index in [0.717, 1.165) is 12.8 Å². The molecule has 1 fully saturated rings. The van der Waals surface area contributed by atoms with Gasteiger partial charge in [-0.15, -0.1) is 0 Å². The molecule has 0 aromatic heterocycles. The molecule has 0 aromatic carbocycles. The summed E-state index contributed by atoms with van der Waals surface area (Å²) in [6.45, 7) is 1.54. The van der Waals surface area contributed by atoms with Crippen LogP contribution in [0.2, 0.25) is 0 Å². The van der Waals surface area contributed by atoms with Gasteiger partial charge in [0.1, 0.15) is 0 Å². The van der Waals surface area contributed by atoms with E-state index in [1.807, 2.05) is 0 Å². The molecule has 1 unspecified atom stereocenters. The molecule has 68 valence electrons. The number of hydrogen-bond donors (Lipinski definition) is 1. The lowest BCUT2D eigenvalue weighted by atomic mass is 10.3. The Morgan fingerprint density at radius 2 is 2.50 bits per heavy atom. The SMILES string of the molecule is CC(O)C=NOC(=O)CC1CC1. The monoisotopic (exact) mass is 171 g/mol. The molecule has 1 atom stereocenters. The molecule has 1 aliphatic carbocycles. The first kappa shape index (κ1) is 9.19. The van der Waals surface area contributed by atoms with E-state index in [-0.39, 0.29) is 5.97 Å². The van der Waals surface area contributed by atoms with E-state index >= 15 is 0 Å². The summed E-state index contributed by atoms with van der Waals surface area (Å²) in [6, 6.07) is 0. The van der Waals surface area contributed by atoms with E-state index in [2.05, 4.69) is 9.99 Å². The third kappa shape index (κ3) is 4.08. The maximum atomic E-state index is 10.9. The van der Waals surface area contributed by atoms with Crippen molar-refractivity contribution in [3.05, 3.63) is 0 Å². The largest absolute Gasteiger partial charge is 0.388 e. The number of nitrogens with zero attached hydrogens (tertiary/aromatic N) is 1. The molecule has 1 aliphatic rings. The van der Waals surface area contributed by atoms with Crippen molar-refractivity contribution < 1.29 is 14.7 Å². The number of carbonyl (C=O) groups excluding carboxylic acids is 1. The van der Waals surface area contributed by atoms with Crippen LogP contribution >= 0.6 is 0 Å². The molecule has 0 aliphatic heterocycles. The Hall–Kier alpha value is -0.900. The van der Waals surface area contributed by atoms with Crippen molar-refractivity contribution in [2.45, 2.75) is 32.3 Å². The lowest BCUT2D eigenvalue weighted by Crippen LogP contribution is -2.04. The molecule has 4 nitrogen and oxygen atoms in total. The van der Waals surface area contributed by atoms with E-state index < -0.39 is 6.10 Å². The average molecular weight is 171 g/mol. The fraction of sp³-hybridized carbons (Fsp3) is 0.750. The number of rotatable bonds is 4. The van der Waals surface area contributed by atoms with Crippen LogP contribution in [0.3, 0.4) is 0 Å². The minimum absolute atomic E-state index is 0.311. The predicted molar refractivity (Wildman–Crippen MR) is 43.6 cm³/mol. The molecule has 0 aromatic rings. The van der Waals surface area contributed by atoms with Gasteiger partial charge in [0, 0.05) is 0 Å². The summed E-state index contributed by atoms with van der Waals surface area (Å²) in [6.07, 6.45) is 3.21. The molecule has 0 radical (unpaired) electrons. The summed E-state index contributed by atoms with van der Waals surface area (Å²) in [5, 5.41) is 12.0. The molecule has 1 saturated carbocycles. The summed E-state index contributed by atoms with van der Waals surface area (Å²) in [5.74, 6) is 0.202. The minimum Gasteiger partial charge on any atom is -0.388 e. The zero-order chi connectivity index (χ0) is 8.97. The smallest absolute Gasteiger partial charge is 0.335 e. The third-order valence-corrected chi connectivity index (χ3v) is 1.58. The number of hydrogen-bond acceptors (Lipinski definition) is 4. The summed E-state index contributed by atoms with van der Waals surface area (Å²) >= 11 is 0. The first-order valence-electron chi connectivity index (χ1n) is 4.10. The lowest BCUT2D eigenvalue weighted by Gasteiger charge is -1.95. The number of oxime groups is 1. The van der Waals surface area contributed by atoms with E-state index in [9.17, 15) is 4.79 Å². The van der Waals surface area contributed by atoms with Crippen molar-refractivity contribution in [1.29, 1.82) is 0 Å². The van der Waals surface area contributed by atoms with Crippen LogP contribution in [0.5, 0.6) is 0 Å². The molecule has 4 heteroatoms. The zero-order valence-electron chi connectivity index (χ0n) is 7.06. The van der Waals surface area contributed by atoms with Crippen LogP contribution in [-0.4, -0.2) is 23.4 Å². The van der Waals surface area contributed by atoms with Crippen LogP contribution in [0.4, 0.5) is 0 Å². The van der Waals surface area contributed by atoms with Crippen LogP contribution in [0.25, 0.3) is 0 Å². The Morgan fingerprint density at radius 1 is 1.83 bits per heavy atom. The van der Waals surface area contributed by atoms with Crippen molar-refractivity contribution in [1.82, 2.24) is 0 Å². The van der Waals surface area contributed by atoms with Gasteiger partial charge in [-0.2, -0.15) is 0 Å². The molecule has 0 spiro atoms. The highest BCUT2D eigenvalue weighted by molar-refractivity contribution is 5.71. The van der Waals surface area contributed by atoms with Crippen molar-refractivity contribution in [3.8, 4) is 0 Å². The first-order chi connectivity index (χ1) is 5.68. The van der Waals surface area contributed by atoms with Crippen LogP contribution in [0, 0.1) is 5.92 Å². The Bertz CT molecular complexity index is 185. The molecular weight excluding hydrogens is 158 g/mol. The van der Waals surface area contributed by atoms with Gasteiger partial charge in [-0.1, -0.05) is 5.16 Å². The van der Waals surface area contributed by atoms with Gasteiger partial charge >= 0.3 is 5.97 Å². The highest BCUT2D eigenvalue weighted by Crippen LogP contribution is 2.32. The normalized spacial score (nSPS) is 19.5. The molecule has 0 bridgehead atoms. The van der Waals surface area contributed by atoms with Crippen molar-refractivity contribution >= 4 is 12.2 Å². The molecule has 1 rings (SSSR count). The molecular formula is C8H13NO3. The van der Waals surface area contributed by atoms with Crippen LogP contribution in [0.1, 0.15) is 26.2 Å². The summed E-state index contributed by atoms with van der Waals surface area (Å²) in [4.78, 5) is 15.3. The van der Waals surface area contributed by atoms with Crippen molar-refractivity contribution in [3.63, 3.8) is 0 Å². The Labute approximate surface area is 71.2 Å². The van der Waals surface area contributed by atoms with Gasteiger partial charge in [-0.05, 0) is 25.7 Å². The van der Waals surface area contributed by atoms with Crippen LogP contribution < -0.4 is 0 Å². The quantitative estimate of drug-likeness (QED) is 0.384. The second-order valence-corrected chi connectivity index (χ2v) is 3.11. The third-order valence-electron chi connectivity index (χ3n) is 1.58. The minimum atomic E-state index is -0.668. The van der Waals surface area contributed by atoms with Gasteiger partial charge in [0.05, 0.1) is 18.7 Å². The van der Waals surface area contributed by atoms with Gasteiger partial charge in [0.25, 0.3) is 0 Å². The van der Waals surface area contributed by atoms with Gasteiger partial charge in [0.15, 0.2) is 0 Å². The number of aliphatic hydroxyl groups is 1. The van der Waals surface area contributed by atoms with Gasteiger partial charge in [0.2, 0.25) is 0 Å². The average Bonchev–Trinajstić information content (AvgIpc) is 2.70. The van der Waals surface area contributed by atoms with Gasteiger partial charge < -0.3 is 9.94 Å². The highest BCUT2D eigenvalue weighted by Gasteiger charge is 2.25. The van der Waals surface area contributed by atoms with Crippen molar-refractivity contribution in [2.24, 2.45) is 11.1 Å². The summed E-state index contributed by atoms with van der Waals surface area (Å²) in [5.41, 5.74) is 0. The second-order valence-electron chi connectivity index (χ2n) is 3.11.